The lowest BCUT2D eigenvalue weighted by Gasteiger charge is -2.40. The molecule has 34 heavy (non-hydrogen) atoms. The van der Waals surface area contributed by atoms with E-state index in [1.165, 1.54) is 7.11 Å². The molecule has 2 heterocycles. The number of piperidine rings is 1. The molecule has 0 spiro atoms. The number of carbonyl (C=O) groups excluding carboxylic acids is 3. The van der Waals surface area contributed by atoms with Crippen molar-refractivity contribution in [3.63, 3.8) is 0 Å². The number of esters is 1. The van der Waals surface area contributed by atoms with Crippen molar-refractivity contribution in [3.05, 3.63) is 83.4 Å². The molecular weight excluding hydrogens is 428 g/mol. The molecule has 2 aliphatic rings. The Morgan fingerprint density at radius 1 is 0.912 bits per heavy atom. The van der Waals surface area contributed by atoms with Crippen molar-refractivity contribution >= 4 is 28.6 Å². The summed E-state index contributed by atoms with van der Waals surface area (Å²) in [5.41, 5.74) is 2.78. The first-order valence-electron chi connectivity index (χ1n) is 11.8. The number of benzene rings is 3. The molecule has 6 nitrogen and oxygen atoms in total. The molecule has 2 aliphatic heterocycles. The minimum Gasteiger partial charge on any atom is -0.467 e. The van der Waals surface area contributed by atoms with Crippen LogP contribution in [0.25, 0.3) is 10.8 Å². The number of hydrogen-bond donors (Lipinski definition) is 0. The van der Waals surface area contributed by atoms with Crippen LogP contribution in [-0.2, 0) is 27.3 Å². The fourth-order valence-corrected chi connectivity index (χ4v) is 5.28. The third-order valence-electron chi connectivity index (χ3n) is 7.08. The molecule has 0 aromatic heterocycles. The maximum Gasteiger partial charge on any atom is 0.328 e. The highest BCUT2D eigenvalue weighted by molar-refractivity contribution is 6.07. The molecule has 0 aliphatic carbocycles. The van der Waals surface area contributed by atoms with Crippen LogP contribution in [0.1, 0.15) is 34.3 Å². The van der Waals surface area contributed by atoms with E-state index in [-0.39, 0.29) is 17.7 Å². The molecule has 0 saturated carbocycles. The molecule has 3 aromatic rings. The van der Waals surface area contributed by atoms with E-state index in [2.05, 4.69) is 0 Å². The molecule has 2 atom stereocenters. The number of rotatable bonds is 3. The summed E-state index contributed by atoms with van der Waals surface area (Å²) in [5, 5.41) is 1.94. The van der Waals surface area contributed by atoms with Gasteiger partial charge in [0.25, 0.3) is 5.91 Å². The molecular formula is C28H28N2O4. The van der Waals surface area contributed by atoms with Crippen molar-refractivity contribution in [3.8, 4) is 0 Å². The van der Waals surface area contributed by atoms with Gasteiger partial charge < -0.3 is 14.5 Å². The van der Waals surface area contributed by atoms with Gasteiger partial charge in [0.15, 0.2) is 0 Å². The first-order valence-corrected chi connectivity index (χ1v) is 11.8. The Morgan fingerprint density at radius 3 is 2.47 bits per heavy atom. The molecule has 174 valence electrons. The van der Waals surface area contributed by atoms with Gasteiger partial charge in [-0.15, -0.1) is 0 Å². The third kappa shape index (κ3) is 4.04. The largest absolute Gasteiger partial charge is 0.467 e. The molecule has 6 heteroatoms. The summed E-state index contributed by atoms with van der Waals surface area (Å²) < 4.78 is 5.03. The first-order chi connectivity index (χ1) is 16.6. The number of amides is 2. The Morgan fingerprint density at radius 2 is 1.65 bits per heavy atom. The van der Waals surface area contributed by atoms with Crippen LogP contribution in [0.4, 0.5) is 0 Å². The van der Waals surface area contributed by atoms with E-state index in [1.54, 1.807) is 9.80 Å². The van der Waals surface area contributed by atoms with Crippen LogP contribution in [0.5, 0.6) is 0 Å². The number of methoxy groups -OCH3 is 1. The molecule has 0 bridgehead atoms. The van der Waals surface area contributed by atoms with Crippen molar-refractivity contribution in [2.24, 2.45) is 5.92 Å². The highest BCUT2D eigenvalue weighted by Gasteiger charge is 2.39. The number of fused-ring (bicyclic) bond motifs is 2. The van der Waals surface area contributed by atoms with Gasteiger partial charge >= 0.3 is 5.97 Å². The van der Waals surface area contributed by atoms with Crippen molar-refractivity contribution in [2.75, 3.05) is 20.2 Å². The number of hydrogen-bond acceptors (Lipinski definition) is 4. The quantitative estimate of drug-likeness (QED) is 0.562. The topological polar surface area (TPSA) is 66.9 Å². The minimum atomic E-state index is -0.642. The summed E-state index contributed by atoms with van der Waals surface area (Å²) in [6.45, 7) is 1.35. The average molecular weight is 457 g/mol. The van der Waals surface area contributed by atoms with E-state index in [4.69, 9.17) is 4.74 Å². The molecule has 1 saturated heterocycles. The van der Waals surface area contributed by atoms with Crippen LogP contribution in [0.15, 0.2) is 66.7 Å². The Kier molecular flexibility index (Phi) is 6.05. The molecule has 5 rings (SSSR count). The second-order valence-electron chi connectivity index (χ2n) is 9.09. The predicted molar refractivity (Wildman–Crippen MR) is 129 cm³/mol. The smallest absolute Gasteiger partial charge is 0.328 e. The highest BCUT2D eigenvalue weighted by Crippen LogP contribution is 2.29. The van der Waals surface area contributed by atoms with Gasteiger partial charge in [0.1, 0.15) is 6.04 Å². The van der Waals surface area contributed by atoms with Crippen LogP contribution in [0.2, 0.25) is 0 Å². The van der Waals surface area contributed by atoms with Gasteiger partial charge in [-0.05, 0) is 40.8 Å². The van der Waals surface area contributed by atoms with Crippen molar-refractivity contribution in [1.82, 2.24) is 9.80 Å². The molecule has 2 unspecified atom stereocenters. The van der Waals surface area contributed by atoms with E-state index in [0.29, 0.717) is 38.0 Å². The average Bonchev–Trinajstić information content (AvgIpc) is 2.90. The van der Waals surface area contributed by atoms with E-state index in [0.717, 1.165) is 28.3 Å². The third-order valence-corrected chi connectivity index (χ3v) is 7.08. The van der Waals surface area contributed by atoms with Gasteiger partial charge in [0, 0.05) is 31.6 Å². The van der Waals surface area contributed by atoms with Crippen LogP contribution in [0, 0.1) is 5.92 Å². The summed E-state index contributed by atoms with van der Waals surface area (Å²) in [5.74, 6) is -0.879. The Bertz CT molecular complexity index is 1250. The van der Waals surface area contributed by atoms with E-state index < -0.39 is 12.0 Å². The fraction of sp³-hybridized carbons (Fsp3) is 0.321. The van der Waals surface area contributed by atoms with E-state index in [9.17, 15) is 14.4 Å². The van der Waals surface area contributed by atoms with Gasteiger partial charge in [-0.3, -0.25) is 9.59 Å². The van der Waals surface area contributed by atoms with E-state index >= 15 is 0 Å². The van der Waals surface area contributed by atoms with E-state index in [1.807, 2.05) is 66.7 Å². The summed E-state index contributed by atoms with van der Waals surface area (Å²) in [7, 11) is 1.36. The minimum absolute atomic E-state index is 0.0530. The van der Waals surface area contributed by atoms with Crippen LogP contribution in [0.3, 0.4) is 0 Å². The first kappa shape index (κ1) is 22.1. The van der Waals surface area contributed by atoms with Crippen LogP contribution in [-0.4, -0.2) is 53.8 Å². The SMILES string of the molecule is COC(=O)C1Cc2ccccc2CN1C(=O)C1CCCN(C(=O)c2cccc3ccccc23)C1. The maximum atomic E-state index is 13.7. The molecule has 3 aromatic carbocycles. The Hall–Kier alpha value is -3.67. The number of carbonyl (C=O) groups is 3. The summed E-state index contributed by atoms with van der Waals surface area (Å²) in [6.07, 6.45) is 1.89. The number of nitrogens with zero attached hydrogens (tertiary/aromatic N) is 2. The zero-order chi connectivity index (χ0) is 23.7. The summed E-state index contributed by atoms with van der Waals surface area (Å²) >= 11 is 0. The fourth-order valence-electron chi connectivity index (χ4n) is 5.28. The van der Waals surface area contributed by atoms with Crippen LogP contribution >= 0.6 is 0 Å². The zero-order valence-electron chi connectivity index (χ0n) is 19.3. The summed E-state index contributed by atoms with van der Waals surface area (Å²) in [6, 6.07) is 20.8. The van der Waals surface area contributed by atoms with Gasteiger partial charge in [-0.25, -0.2) is 4.79 Å². The van der Waals surface area contributed by atoms with Gasteiger partial charge in [-0.2, -0.15) is 0 Å². The normalized spacial score (nSPS) is 20.0. The lowest BCUT2D eigenvalue weighted by Crippen LogP contribution is -2.53. The van der Waals surface area contributed by atoms with Gasteiger partial charge in [0.2, 0.25) is 5.91 Å². The van der Waals surface area contributed by atoms with Crippen molar-refractivity contribution in [1.29, 1.82) is 0 Å². The molecule has 0 N–H and O–H groups in total. The Balaban J connectivity index is 1.38. The second kappa shape index (κ2) is 9.29. The van der Waals surface area contributed by atoms with Gasteiger partial charge in [-0.1, -0.05) is 60.7 Å². The van der Waals surface area contributed by atoms with Gasteiger partial charge in [0.05, 0.1) is 13.0 Å². The Labute approximate surface area is 199 Å². The van der Waals surface area contributed by atoms with Crippen molar-refractivity contribution < 1.29 is 19.1 Å². The number of likely N-dealkylation sites (tertiary alicyclic amines) is 1. The maximum absolute atomic E-state index is 13.7. The van der Waals surface area contributed by atoms with Crippen LogP contribution < -0.4 is 0 Å². The molecule has 1 fully saturated rings. The monoisotopic (exact) mass is 456 g/mol. The second-order valence-corrected chi connectivity index (χ2v) is 9.09. The zero-order valence-corrected chi connectivity index (χ0v) is 19.3. The predicted octanol–water partition coefficient (Wildman–Crippen LogP) is 3.82. The molecule has 0 radical (unpaired) electrons. The summed E-state index contributed by atoms with van der Waals surface area (Å²) in [4.78, 5) is 43.2. The van der Waals surface area contributed by atoms with Crippen molar-refractivity contribution in [2.45, 2.75) is 31.8 Å². The molecule has 2 amide bonds. The lowest BCUT2D eigenvalue weighted by atomic mass is 9.90. The lowest BCUT2D eigenvalue weighted by molar-refractivity contribution is -0.156. The number of ether oxygens (including phenoxy) is 1. The highest BCUT2D eigenvalue weighted by atomic mass is 16.5. The standard InChI is InChI=1S/C28H28N2O4/c1-34-28(33)25-16-20-9-2-3-10-21(20)18-30(25)26(31)22-12-7-15-29(17-22)27(32)24-14-6-11-19-8-4-5-13-23(19)24/h2-6,8-11,13-14,22,25H,7,12,15-18H2,1H3.